The molecule has 1 fully saturated rings. The molecule has 3 aromatic rings. The van der Waals surface area contributed by atoms with Crippen molar-refractivity contribution in [3.8, 4) is 11.5 Å². The Morgan fingerprint density at radius 3 is 2.21 bits per heavy atom. The number of nitrogens with zero attached hydrogens (tertiary/aromatic N) is 1. The molecule has 0 saturated heterocycles. The highest BCUT2D eigenvalue weighted by Crippen LogP contribution is 2.38. The highest BCUT2D eigenvalue weighted by molar-refractivity contribution is 6.35. The van der Waals surface area contributed by atoms with E-state index in [-0.39, 0.29) is 44.6 Å². The van der Waals surface area contributed by atoms with Gasteiger partial charge in [0.25, 0.3) is 11.8 Å². The van der Waals surface area contributed by atoms with Crippen LogP contribution in [0.3, 0.4) is 0 Å². The van der Waals surface area contributed by atoms with Crippen molar-refractivity contribution in [3.05, 3.63) is 87.2 Å². The number of amides is 2. The highest BCUT2D eigenvalue weighted by atomic mass is 35.5. The highest BCUT2D eigenvalue weighted by Gasteiger charge is 2.42. The van der Waals surface area contributed by atoms with Crippen LogP contribution in [0, 0.1) is 5.92 Å². The Bertz CT molecular complexity index is 1450. The topological polar surface area (TPSA) is 126 Å². The number of esters is 1. The van der Waals surface area contributed by atoms with Gasteiger partial charge in [-0.1, -0.05) is 41.4 Å². The molecule has 0 spiro atoms. The van der Waals surface area contributed by atoms with E-state index < -0.39 is 36.5 Å². The molecule has 2 aromatic carbocycles. The number of pyridine rings is 1. The number of carbonyl (C=O) groups is 3. The van der Waals surface area contributed by atoms with Crippen molar-refractivity contribution in [1.29, 1.82) is 0 Å². The first-order chi connectivity index (χ1) is 19.6. The van der Waals surface area contributed by atoms with Crippen molar-refractivity contribution in [1.82, 2.24) is 4.90 Å². The number of nitrogens with one attached hydrogen (secondary N) is 1. The van der Waals surface area contributed by atoms with Crippen LogP contribution in [0.1, 0.15) is 57.7 Å². The first-order valence-electron chi connectivity index (χ1n) is 12.9. The van der Waals surface area contributed by atoms with Crippen LogP contribution in [0.5, 0.6) is 11.5 Å². The molecule has 2 aliphatic rings. The number of ether oxygens (including phenoxy) is 3. The number of imide groups is 1. The van der Waals surface area contributed by atoms with E-state index in [2.05, 4.69) is 9.72 Å². The Hall–Kier alpha value is -3.80. The summed E-state index contributed by atoms with van der Waals surface area (Å²) < 4.78 is 42.5. The van der Waals surface area contributed by atoms with Gasteiger partial charge in [-0.3, -0.25) is 14.5 Å². The maximum Gasteiger partial charge on any atom is 0.387 e. The van der Waals surface area contributed by atoms with Crippen LogP contribution in [0.4, 0.5) is 8.78 Å². The zero-order valence-electron chi connectivity index (χ0n) is 22.2. The monoisotopic (exact) mass is 622 g/mol. The van der Waals surface area contributed by atoms with Gasteiger partial charge in [-0.15, -0.1) is 0 Å². The molecule has 2 amide bonds. The van der Waals surface area contributed by atoms with Crippen LogP contribution >= 0.6 is 23.2 Å². The van der Waals surface area contributed by atoms with E-state index in [9.17, 15) is 23.2 Å². The molecule has 0 radical (unpaired) electrons. The van der Waals surface area contributed by atoms with Crippen molar-refractivity contribution in [2.75, 3.05) is 6.61 Å². The van der Waals surface area contributed by atoms with Crippen molar-refractivity contribution in [2.45, 2.75) is 44.9 Å². The van der Waals surface area contributed by atoms with E-state index in [1.165, 1.54) is 49.6 Å². The fraction of sp³-hybridized carbons (Fsp3) is 0.310. The summed E-state index contributed by atoms with van der Waals surface area (Å²) in [5.74, 6) is -1.87. The van der Waals surface area contributed by atoms with Crippen LogP contribution in [0.25, 0.3) is 0 Å². The van der Waals surface area contributed by atoms with Crippen LogP contribution in [0.2, 0.25) is 10.0 Å². The molecule has 2 atom stereocenters. The lowest BCUT2D eigenvalue weighted by Crippen LogP contribution is -2.44. The van der Waals surface area contributed by atoms with Crippen molar-refractivity contribution in [2.24, 2.45) is 5.92 Å². The fourth-order valence-corrected chi connectivity index (χ4v) is 5.04. The molecule has 1 unspecified atom stereocenters. The average molecular weight is 623 g/mol. The Morgan fingerprint density at radius 1 is 1.02 bits per heavy atom. The second kappa shape index (κ2) is 13.0. The molecule has 1 aliphatic heterocycles. The van der Waals surface area contributed by atoms with Gasteiger partial charge in [0.1, 0.15) is 22.2 Å². The maximum absolute atomic E-state index is 13.4. The summed E-state index contributed by atoms with van der Waals surface area (Å²) in [5.41, 5.74) is 1.21. The summed E-state index contributed by atoms with van der Waals surface area (Å²) in [4.78, 5) is 43.0. The van der Waals surface area contributed by atoms with Gasteiger partial charge in [-0.2, -0.15) is 8.78 Å². The molecule has 13 heteroatoms. The molecule has 2 N–H and O–H groups in total. The molecule has 0 bridgehead atoms. The minimum atomic E-state index is -3.07. The van der Waals surface area contributed by atoms with Gasteiger partial charge in [0.05, 0.1) is 17.7 Å². The van der Waals surface area contributed by atoms with Gasteiger partial charge in [-0.05, 0) is 55.5 Å². The summed E-state index contributed by atoms with van der Waals surface area (Å²) >= 11 is 12.8. The largest absolute Gasteiger partial charge is 0.870 e. The van der Waals surface area contributed by atoms with Crippen LogP contribution in [-0.2, 0) is 16.0 Å². The third-order valence-electron chi connectivity index (χ3n) is 6.93. The minimum Gasteiger partial charge on any atom is -0.870 e. The van der Waals surface area contributed by atoms with Gasteiger partial charge >= 0.3 is 12.6 Å². The second-order valence-electron chi connectivity index (χ2n) is 9.80. The van der Waals surface area contributed by atoms with Gasteiger partial charge in [0.2, 0.25) is 0 Å². The average Bonchev–Trinajstić information content (AvgIpc) is 3.74. The fourth-order valence-electron chi connectivity index (χ4n) is 4.51. The number of halogens is 4. The van der Waals surface area contributed by atoms with Crippen LogP contribution in [-0.4, -0.2) is 47.4 Å². The zero-order valence-corrected chi connectivity index (χ0v) is 23.7. The molecule has 42 heavy (non-hydrogen) atoms. The standard InChI is InChI=1S/C29H24Cl2F2N2O6.H2O/c1-15(35-26(36)18-4-2-3-5-19(18)27(35)37)28(38)40-24(11-20-21(30)12-34-13-22(20)31)17-8-9-23(41-29(32)33)25(10-17)39-14-16-6-7-16;/h2-5,8-10,12-13,15-16,24,29H,6-7,11,14H2,1H3;1H2/t15?,24-;/m0./s1. The van der Waals surface area contributed by atoms with Crippen molar-refractivity contribution in [3.63, 3.8) is 0 Å². The Morgan fingerprint density at radius 2 is 1.64 bits per heavy atom. The van der Waals surface area contributed by atoms with Gasteiger partial charge in [0, 0.05) is 12.0 Å². The van der Waals surface area contributed by atoms with Crippen molar-refractivity contribution >= 4 is 41.0 Å². The molecular formula is C29H26Cl2F2N2O7. The molecule has 1 aliphatic carbocycles. The van der Waals surface area contributed by atoms with Gasteiger partial charge in [-0.25, -0.2) is 9.78 Å². The number of rotatable bonds is 11. The normalized spacial score (nSPS) is 15.6. The van der Waals surface area contributed by atoms with Crippen LogP contribution < -0.4 is 14.5 Å². The van der Waals surface area contributed by atoms with E-state index in [0.717, 1.165) is 17.7 Å². The summed E-state index contributed by atoms with van der Waals surface area (Å²) in [5, 5.41) is 0.546. The molecule has 1 aromatic heterocycles. The smallest absolute Gasteiger partial charge is 0.387 e. The number of fused-ring (bicyclic) bond motifs is 1. The number of alkyl halides is 2. The lowest BCUT2D eigenvalue weighted by atomic mass is 10.0. The minimum absolute atomic E-state index is 0. The summed E-state index contributed by atoms with van der Waals surface area (Å²) in [6, 6.07) is 9.23. The molecule has 9 nitrogen and oxygen atoms in total. The Labute approximate surface area is 249 Å². The molecule has 222 valence electrons. The number of aromatic nitrogens is 1. The number of H-pyrrole nitrogens is 1. The first-order valence-corrected chi connectivity index (χ1v) is 13.6. The van der Waals surface area contributed by atoms with Gasteiger partial charge < -0.3 is 19.7 Å². The SMILES string of the molecule is CC(C(=O)O[C@@H](Cc1c(Cl)c[nH+]cc1Cl)c1ccc(OC(F)F)c(OCC2CC2)c1)N1C(=O)c2ccccc2C1=O.[OH-]. The van der Waals surface area contributed by atoms with E-state index in [0.29, 0.717) is 23.7 Å². The quantitative estimate of drug-likeness (QED) is 0.203. The van der Waals surface area contributed by atoms with E-state index in [1.54, 1.807) is 12.1 Å². The summed E-state index contributed by atoms with van der Waals surface area (Å²) in [7, 11) is 0. The number of hydrogen-bond acceptors (Lipinski definition) is 7. The Kier molecular flexibility index (Phi) is 9.65. The lowest BCUT2D eigenvalue weighted by Gasteiger charge is -2.25. The predicted octanol–water partition coefficient (Wildman–Crippen LogP) is 5.53. The second-order valence-corrected chi connectivity index (χ2v) is 10.6. The van der Waals surface area contributed by atoms with E-state index in [1.807, 2.05) is 0 Å². The lowest BCUT2D eigenvalue weighted by molar-refractivity contribution is -0.377. The number of aromatic amines is 1. The zero-order chi connectivity index (χ0) is 29.3. The Balaban J connectivity index is 0.00000405. The molecule has 2 heterocycles. The summed E-state index contributed by atoms with van der Waals surface area (Å²) in [6.07, 6.45) is 3.90. The number of hydrogen-bond donors (Lipinski definition) is 0. The van der Waals surface area contributed by atoms with Crippen LogP contribution in [0.15, 0.2) is 54.9 Å². The third kappa shape index (κ3) is 6.64. The summed E-state index contributed by atoms with van der Waals surface area (Å²) in [6.45, 7) is -1.37. The molecule has 1 saturated carbocycles. The first kappa shape index (κ1) is 31.1. The third-order valence-corrected chi connectivity index (χ3v) is 7.60. The predicted molar refractivity (Wildman–Crippen MR) is 145 cm³/mol. The molecular weight excluding hydrogens is 597 g/mol. The van der Waals surface area contributed by atoms with Gasteiger partial charge in [0.15, 0.2) is 23.9 Å². The van der Waals surface area contributed by atoms with E-state index in [4.69, 9.17) is 32.7 Å². The molecule has 5 rings (SSSR count). The van der Waals surface area contributed by atoms with E-state index >= 15 is 0 Å². The maximum atomic E-state index is 13.4. The number of carbonyl (C=O) groups excluding carboxylic acids is 3. The van der Waals surface area contributed by atoms with Crippen molar-refractivity contribution < 1.29 is 47.8 Å². The number of benzene rings is 2.